The number of ketones is 1. The molecule has 3 fully saturated rings. The molecule has 1 heterocycles. The van der Waals surface area contributed by atoms with Gasteiger partial charge < -0.3 is 14.9 Å². The van der Waals surface area contributed by atoms with Gasteiger partial charge in [-0.05, 0) is 33.1 Å². The summed E-state index contributed by atoms with van der Waals surface area (Å²) in [6, 6.07) is 0. The number of hydrogen-bond acceptors (Lipinski definition) is 5. The number of carbonyl (C=O) groups is 2. The van der Waals surface area contributed by atoms with Crippen molar-refractivity contribution in [3.05, 3.63) is 0 Å². The molecule has 1 saturated heterocycles. The van der Waals surface area contributed by atoms with E-state index in [9.17, 15) is 19.8 Å². The number of carbonyl (C=O) groups excluding carboxylic acids is 2. The molecule has 0 unspecified atom stereocenters. The van der Waals surface area contributed by atoms with Crippen molar-refractivity contribution in [1.29, 1.82) is 0 Å². The van der Waals surface area contributed by atoms with Gasteiger partial charge in [0.05, 0.1) is 5.60 Å². The summed E-state index contributed by atoms with van der Waals surface area (Å²) in [5.74, 6) is -1.28. The highest BCUT2D eigenvalue weighted by Crippen LogP contribution is 2.58. The van der Waals surface area contributed by atoms with Crippen molar-refractivity contribution in [2.45, 2.75) is 63.8 Å². The third kappa shape index (κ3) is 1.56. The molecule has 0 aromatic rings. The van der Waals surface area contributed by atoms with E-state index in [1.54, 1.807) is 6.92 Å². The van der Waals surface area contributed by atoms with Crippen LogP contribution in [0.25, 0.3) is 0 Å². The maximum absolute atomic E-state index is 12.4. The van der Waals surface area contributed by atoms with E-state index in [0.29, 0.717) is 25.7 Å². The minimum Gasteiger partial charge on any atom is -0.459 e. The molecule has 0 aromatic heterocycles. The van der Waals surface area contributed by atoms with E-state index in [1.807, 2.05) is 6.92 Å². The van der Waals surface area contributed by atoms with Crippen molar-refractivity contribution < 1.29 is 24.5 Å². The van der Waals surface area contributed by atoms with Gasteiger partial charge in [-0.3, -0.25) is 4.79 Å². The topological polar surface area (TPSA) is 83.8 Å². The lowest BCUT2D eigenvalue weighted by Crippen LogP contribution is -2.62. The normalized spacial score (nSPS) is 55.1. The Bertz CT molecular complexity index is 481. The van der Waals surface area contributed by atoms with Crippen LogP contribution in [0.4, 0.5) is 0 Å². The van der Waals surface area contributed by atoms with Crippen molar-refractivity contribution in [2.24, 2.45) is 17.3 Å². The van der Waals surface area contributed by atoms with Gasteiger partial charge in [-0.25, -0.2) is 4.79 Å². The maximum atomic E-state index is 12.4. The van der Waals surface area contributed by atoms with Gasteiger partial charge in [0.2, 0.25) is 0 Å². The first-order valence-corrected chi connectivity index (χ1v) is 7.30. The van der Waals surface area contributed by atoms with Crippen LogP contribution >= 0.6 is 0 Å². The predicted molar refractivity (Wildman–Crippen MR) is 69.7 cm³/mol. The van der Waals surface area contributed by atoms with Crippen molar-refractivity contribution >= 4 is 11.8 Å². The van der Waals surface area contributed by atoms with Crippen LogP contribution in [0, 0.1) is 17.3 Å². The predicted octanol–water partition coefficient (Wildman–Crippen LogP) is 0.809. The first-order chi connectivity index (χ1) is 9.10. The van der Waals surface area contributed by atoms with Gasteiger partial charge in [-0.2, -0.15) is 0 Å². The summed E-state index contributed by atoms with van der Waals surface area (Å²) in [5, 5.41) is 21.1. The van der Waals surface area contributed by atoms with Crippen LogP contribution in [0.3, 0.4) is 0 Å². The second-order valence-electron chi connectivity index (χ2n) is 7.34. The summed E-state index contributed by atoms with van der Waals surface area (Å²) in [6.45, 7) is 5.05. The Hall–Kier alpha value is -0.940. The van der Waals surface area contributed by atoms with Gasteiger partial charge >= 0.3 is 5.97 Å². The number of fused-ring (bicyclic) bond motifs is 3. The quantitative estimate of drug-likeness (QED) is 0.642. The highest BCUT2D eigenvalue weighted by molar-refractivity contribution is 5.87. The molecule has 3 rings (SSSR count). The Labute approximate surface area is 118 Å². The first kappa shape index (κ1) is 14.0. The van der Waals surface area contributed by atoms with E-state index >= 15 is 0 Å². The molecule has 5 nitrogen and oxygen atoms in total. The molecule has 0 spiro atoms. The maximum Gasteiger partial charge on any atom is 0.338 e. The summed E-state index contributed by atoms with van der Waals surface area (Å²) >= 11 is 0. The fraction of sp³-hybridized carbons (Fsp3) is 0.867. The number of hydrogen-bond donors (Lipinski definition) is 2. The Kier molecular flexibility index (Phi) is 2.68. The molecule has 112 valence electrons. The molecule has 0 amide bonds. The average Bonchev–Trinajstić information content (AvgIpc) is 2.55. The standard InChI is InChI=1S/C15H22O5/c1-13-6-4-8-10(20-12(17)15(8,3)19)11(13)14(2,18)7-5-9(13)16/h8,10-11,18-19H,4-7H2,1-3H3/t8-,10-,11-,13+,14+,15+/m1/s1. The summed E-state index contributed by atoms with van der Waals surface area (Å²) < 4.78 is 5.40. The Morgan fingerprint density at radius 2 is 1.80 bits per heavy atom. The largest absolute Gasteiger partial charge is 0.459 e. The lowest BCUT2D eigenvalue weighted by molar-refractivity contribution is -0.187. The molecule has 6 atom stereocenters. The minimum absolute atomic E-state index is 0.134. The molecule has 2 N–H and O–H groups in total. The van der Waals surface area contributed by atoms with Crippen LogP contribution in [0.1, 0.15) is 46.5 Å². The van der Waals surface area contributed by atoms with Crippen molar-refractivity contribution in [2.75, 3.05) is 0 Å². The van der Waals surface area contributed by atoms with E-state index < -0.39 is 34.6 Å². The van der Waals surface area contributed by atoms with Gasteiger partial charge in [0.25, 0.3) is 0 Å². The van der Waals surface area contributed by atoms with Crippen LogP contribution < -0.4 is 0 Å². The van der Waals surface area contributed by atoms with Gasteiger partial charge in [-0.1, -0.05) is 6.92 Å². The van der Waals surface area contributed by atoms with Crippen LogP contribution in [0.5, 0.6) is 0 Å². The zero-order chi connectivity index (χ0) is 14.9. The highest BCUT2D eigenvalue weighted by atomic mass is 16.6. The van der Waals surface area contributed by atoms with Crippen molar-refractivity contribution in [3.63, 3.8) is 0 Å². The molecule has 20 heavy (non-hydrogen) atoms. The fourth-order valence-electron chi connectivity index (χ4n) is 4.68. The molecule has 5 heteroatoms. The average molecular weight is 282 g/mol. The summed E-state index contributed by atoms with van der Waals surface area (Å²) in [7, 11) is 0. The zero-order valence-electron chi connectivity index (χ0n) is 12.2. The third-order valence-electron chi connectivity index (χ3n) is 5.93. The summed E-state index contributed by atoms with van der Waals surface area (Å²) in [6.07, 6.45) is 1.32. The molecule has 1 aliphatic heterocycles. The molecule has 0 aromatic carbocycles. The fourth-order valence-corrected chi connectivity index (χ4v) is 4.68. The van der Waals surface area contributed by atoms with E-state index in [1.165, 1.54) is 6.92 Å². The summed E-state index contributed by atoms with van der Waals surface area (Å²) in [5.41, 5.74) is -3.22. The SMILES string of the molecule is C[C@]1(O)CCC(=O)[C@]2(C)CC[C@@H]3[C@@H](OC(=O)[C@@]3(C)O)[C@@H]12. The molecule has 3 aliphatic rings. The van der Waals surface area contributed by atoms with Crippen LogP contribution in [-0.4, -0.2) is 39.3 Å². The van der Waals surface area contributed by atoms with Gasteiger partial charge in [0.15, 0.2) is 5.60 Å². The van der Waals surface area contributed by atoms with Crippen LogP contribution in [0.2, 0.25) is 0 Å². The first-order valence-electron chi connectivity index (χ1n) is 7.30. The van der Waals surface area contributed by atoms with E-state index in [-0.39, 0.29) is 11.7 Å². The van der Waals surface area contributed by atoms with Crippen molar-refractivity contribution in [3.8, 4) is 0 Å². The Morgan fingerprint density at radius 1 is 1.15 bits per heavy atom. The van der Waals surface area contributed by atoms with E-state index in [4.69, 9.17) is 4.74 Å². The van der Waals surface area contributed by atoms with Gasteiger partial charge in [0, 0.05) is 23.7 Å². The number of esters is 1. The van der Waals surface area contributed by atoms with Gasteiger partial charge in [0.1, 0.15) is 11.9 Å². The Balaban J connectivity index is 2.06. The number of aliphatic hydroxyl groups is 2. The summed E-state index contributed by atoms with van der Waals surface area (Å²) in [4.78, 5) is 24.3. The number of ether oxygens (including phenoxy) is 1. The second-order valence-corrected chi connectivity index (χ2v) is 7.34. The van der Waals surface area contributed by atoms with Gasteiger partial charge in [-0.15, -0.1) is 0 Å². The van der Waals surface area contributed by atoms with E-state index in [0.717, 1.165) is 0 Å². The lowest BCUT2D eigenvalue weighted by Gasteiger charge is -2.54. The minimum atomic E-state index is -1.51. The molecule has 0 bridgehead atoms. The van der Waals surface area contributed by atoms with Crippen LogP contribution in [-0.2, 0) is 14.3 Å². The molecular formula is C15H22O5. The number of Topliss-reactive ketones (excluding diaryl/α,β-unsaturated/α-hetero) is 1. The van der Waals surface area contributed by atoms with Crippen LogP contribution in [0.15, 0.2) is 0 Å². The number of rotatable bonds is 0. The lowest BCUT2D eigenvalue weighted by atomic mass is 9.51. The third-order valence-corrected chi connectivity index (χ3v) is 5.93. The molecular weight excluding hydrogens is 260 g/mol. The Morgan fingerprint density at radius 3 is 2.45 bits per heavy atom. The zero-order valence-corrected chi connectivity index (χ0v) is 12.2. The monoisotopic (exact) mass is 282 g/mol. The molecule has 2 saturated carbocycles. The second kappa shape index (κ2) is 3.83. The van der Waals surface area contributed by atoms with Crippen molar-refractivity contribution in [1.82, 2.24) is 0 Å². The highest BCUT2D eigenvalue weighted by Gasteiger charge is 2.67. The molecule has 0 radical (unpaired) electrons. The van der Waals surface area contributed by atoms with E-state index in [2.05, 4.69) is 0 Å². The smallest absolute Gasteiger partial charge is 0.338 e. The molecule has 2 aliphatic carbocycles.